The molecule has 1 aliphatic rings. The fraction of sp³-hybridized carbons (Fsp3) is 0.640. The van der Waals surface area contributed by atoms with Crippen LogP contribution in [0.15, 0.2) is 36.4 Å². The Hall–Kier alpha value is -1.03. The van der Waals surface area contributed by atoms with Gasteiger partial charge in [-0.15, -0.1) is 23.2 Å². The summed E-state index contributed by atoms with van der Waals surface area (Å²) in [4.78, 5) is 11.2. The molecule has 168 valence electrons. The lowest BCUT2D eigenvalue weighted by Crippen LogP contribution is -2.16. The van der Waals surface area contributed by atoms with Crippen LogP contribution in [0.25, 0.3) is 0 Å². The minimum Gasteiger partial charge on any atom is -0.469 e. The van der Waals surface area contributed by atoms with Crippen LogP contribution in [0.3, 0.4) is 0 Å². The van der Waals surface area contributed by atoms with E-state index in [2.05, 4.69) is 35.9 Å². The average molecular weight is 455 g/mol. The van der Waals surface area contributed by atoms with Crippen LogP contribution >= 0.6 is 23.2 Å². The van der Waals surface area contributed by atoms with E-state index in [0.29, 0.717) is 6.42 Å². The Morgan fingerprint density at radius 3 is 2.57 bits per heavy atom. The molecule has 1 aliphatic carbocycles. The third kappa shape index (κ3) is 7.59. The molecule has 3 nitrogen and oxygen atoms in total. The monoisotopic (exact) mass is 454 g/mol. The molecule has 2 rings (SSSR count). The zero-order valence-electron chi connectivity index (χ0n) is 18.2. The second-order valence-electron chi connectivity index (χ2n) is 8.31. The van der Waals surface area contributed by atoms with Crippen molar-refractivity contribution in [1.82, 2.24) is 0 Å². The van der Waals surface area contributed by atoms with Crippen molar-refractivity contribution >= 4 is 29.2 Å². The number of aliphatic hydroxyl groups is 1. The van der Waals surface area contributed by atoms with Crippen LogP contribution in [-0.2, 0) is 9.53 Å². The molecular weight excluding hydrogens is 419 g/mol. The van der Waals surface area contributed by atoms with Crippen molar-refractivity contribution < 1.29 is 14.6 Å². The Labute approximate surface area is 191 Å². The molecule has 0 saturated heterocycles. The number of allylic oxidation sites excluding steroid dienone is 2. The zero-order chi connectivity index (χ0) is 21.9. The fourth-order valence-corrected chi connectivity index (χ4v) is 5.38. The third-order valence-corrected chi connectivity index (χ3v) is 7.06. The number of aliphatic hydroxyl groups excluding tert-OH is 1. The summed E-state index contributed by atoms with van der Waals surface area (Å²) >= 11 is 13.3. The van der Waals surface area contributed by atoms with Crippen LogP contribution in [0.4, 0.5) is 0 Å². The van der Waals surface area contributed by atoms with E-state index in [1.165, 1.54) is 12.7 Å². The second-order valence-corrected chi connectivity index (χ2v) is 9.43. The van der Waals surface area contributed by atoms with E-state index in [1.807, 2.05) is 12.1 Å². The van der Waals surface area contributed by atoms with Gasteiger partial charge >= 0.3 is 5.97 Å². The van der Waals surface area contributed by atoms with Crippen molar-refractivity contribution in [3.05, 3.63) is 47.5 Å². The molecule has 1 saturated carbocycles. The first-order valence-corrected chi connectivity index (χ1v) is 12.1. The standard InChI is InChI=1S/C25H36Cl2O3/c1-3-4-7-11-23(28)18-13-15-19(16-14-18)25-20(21(26)17-22(25)27)10-8-5-6-9-12-24(29)30-2/h5,8,13-16,20-23,25,28H,3-4,6-7,9-12,17H2,1-2H3/b8-5-/t20-,21-,22-,23?,25+/m0/s1. The molecule has 30 heavy (non-hydrogen) atoms. The third-order valence-electron chi connectivity index (χ3n) is 6.11. The average Bonchev–Trinajstić information content (AvgIpc) is 3.03. The highest BCUT2D eigenvalue weighted by molar-refractivity contribution is 6.25. The molecule has 1 aromatic rings. The number of benzene rings is 1. The van der Waals surface area contributed by atoms with E-state index in [4.69, 9.17) is 23.2 Å². The number of hydrogen-bond donors (Lipinski definition) is 1. The minimum absolute atomic E-state index is 0.0190. The van der Waals surface area contributed by atoms with Gasteiger partial charge in [0.15, 0.2) is 0 Å². The number of rotatable bonds is 12. The van der Waals surface area contributed by atoms with Crippen molar-refractivity contribution in [1.29, 1.82) is 0 Å². The van der Waals surface area contributed by atoms with E-state index >= 15 is 0 Å². The van der Waals surface area contributed by atoms with Crippen molar-refractivity contribution in [2.75, 3.05) is 7.11 Å². The summed E-state index contributed by atoms with van der Waals surface area (Å²) in [5, 5.41) is 10.5. The topological polar surface area (TPSA) is 46.5 Å². The van der Waals surface area contributed by atoms with Gasteiger partial charge < -0.3 is 9.84 Å². The highest BCUT2D eigenvalue weighted by atomic mass is 35.5. The van der Waals surface area contributed by atoms with Crippen molar-refractivity contribution in [2.45, 2.75) is 87.5 Å². The number of esters is 1. The molecule has 1 N–H and O–H groups in total. The summed E-state index contributed by atoms with van der Waals surface area (Å²) in [6, 6.07) is 8.30. The van der Waals surface area contributed by atoms with Gasteiger partial charge in [-0.25, -0.2) is 0 Å². The molecule has 0 aliphatic heterocycles. The number of alkyl halides is 2. The molecule has 1 unspecified atom stereocenters. The summed E-state index contributed by atoms with van der Waals surface area (Å²) in [7, 11) is 1.42. The molecule has 0 amide bonds. The van der Waals surface area contributed by atoms with E-state index in [-0.39, 0.29) is 28.6 Å². The Bertz CT molecular complexity index is 659. The minimum atomic E-state index is -0.398. The van der Waals surface area contributed by atoms with Gasteiger partial charge in [-0.1, -0.05) is 62.6 Å². The van der Waals surface area contributed by atoms with Gasteiger partial charge in [-0.3, -0.25) is 4.79 Å². The first-order chi connectivity index (χ1) is 14.5. The molecule has 0 heterocycles. The van der Waals surface area contributed by atoms with Gasteiger partial charge in [0.05, 0.1) is 13.2 Å². The van der Waals surface area contributed by atoms with Crippen molar-refractivity contribution in [3.8, 4) is 0 Å². The highest BCUT2D eigenvalue weighted by Crippen LogP contribution is 2.47. The van der Waals surface area contributed by atoms with Gasteiger partial charge in [-0.05, 0) is 49.1 Å². The van der Waals surface area contributed by atoms with Gasteiger partial charge in [0, 0.05) is 23.1 Å². The van der Waals surface area contributed by atoms with E-state index in [1.54, 1.807) is 0 Å². The molecule has 0 spiro atoms. The zero-order valence-corrected chi connectivity index (χ0v) is 19.7. The number of carbonyl (C=O) groups is 1. The molecule has 1 aromatic carbocycles. The van der Waals surface area contributed by atoms with Crippen molar-refractivity contribution in [2.24, 2.45) is 5.92 Å². The van der Waals surface area contributed by atoms with Gasteiger partial charge in [0.2, 0.25) is 0 Å². The number of ether oxygens (including phenoxy) is 1. The number of halogens is 2. The predicted molar refractivity (Wildman–Crippen MR) is 125 cm³/mol. The lowest BCUT2D eigenvalue weighted by Gasteiger charge is -2.23. The molecule has 1 fully saturated rings. The van der Waals surface area contributed by atoms with Crippen LogP contribution in [0.1, 0.15) is 87.9 Å². The molecule has 5 atom stereocenters. The second kappa shape index (κ2) is 13.4. The largest absolute Gasteiger partial charge is 0.469 e. The lowest BCUT2D eigenvalue weighted by molar-refractivity contribution is -0.140. The highest BCUT2D eigenvalue weighted by Gasteiger charge is 2.41. The first-order valence-electron chi connectivity index (χ1n) is 11.3. The van der Waals surface area contributed by atoms with Crippen LogP contribution in [0.2, 0.25) is 0 Å². The Kier molecular flexibility index (Phi) is 11.3. The summed E-state index contributed by atoms with van der Waals surface area (Å²) in [5.74, 6) is 0.329. The summed E-state index contributed by atoms with van der Waals surface area (Å²) in [6.45, 7) is 2.17. The lowest BCUT2D eigenvalue weighted by atomic mass is 9.85. The van der Waals surface area contributed by atoms with E-state index in [9.17, 15) is 9.90 Å². The SMILES string of the molecule is CCCCCC(O)c1ccc([C@@H]2[C@@H](C/C=C\CCCC(=O)OC)[C@@H](Cl)C[C@@H]2Cl)cc1. The summed E-state index contributed by atoms with van der Waals surface area (Å²) in [5.41, 5.74) is 2.18. The normalized spacial score (nSPS) is 25.0. The predicted octanol–water partition coefficient (Wildman–Crippen LogP) is 6.91. The smallest absolute Gasteiger partial charge is 0.305 e. The van der Waals surface area contributed by atoms with E-state index < -0.39 is 6.10 Å². The van der Waals surface area contributed by atoms with Gasteiger partial charge in [0.1, 0.15) is 0 Å². The summed E-state index contributed by atoms with van der Waals surface area (Å²) < 4.78 is 4.66. The van der Waals surface area contributed by atoms with E-state index in [0.717, 1.165) is 56.9 Å². The number of methoxy groups -OCH3 is 1. The Morgan fingerprint density at radius 1 is 1.17 bits per heavy atom. The Morgan fingerprint density at radius 2 is 1.90 bits per heavy atom. The van der Waals surface area contributed by atoms with Gasteiger partial charge in [0.25, 0.3) is 0 Å². The van der Waals surface area contributed by atoms with Crippen LogP contribution < -0.4 is 0 Å². The number of hydrogen-bond acceptors (Lipinski definition) is 3. The molecule has 0 bridgehead atoms. The number of unbranched alkanes of at least 4 members (excludes halogenated alkanes) is 3. The fourth-order valence-electron chi connectivity index (χ4n) is 4.31. The molecular formula is C25H36Cl2O3. The number of carbonyl (C=O) groups excluding carboxylic acids is 1. The quantitative estimate of drug-likeness (QED) is 0.161. The van der Waals surface area contributed by atoms with Crippen molar-refractivity contribution in [3.63, 3.8) is 0 Å². The van der Waals surface area contributed by atoms with Gasteiger partial charge in [-0.2, -0.15) is 0 Å². The molecule has 5 heteroatoms. The Balaban J connectivity index is 1.94. The summed E-state index contributed by atoms with van der Waals surface area (Å²) in [6.07, 6.45) is 11.8. The maximum absolute atomic E-state index is 11.2. The maximum Gasteiger partial charge on any atom is 0.305 e. The molecule has 0 radical (unpaired) electrons. The first kappa shape index (κ1) is 25.2. The molecule has 0 aromatic heterocycles. The van der Waals surface area contributed by atoms with Crippen LogP contribution in [0, 0.1) is 5.92 Å². The van der Waals surface area contributed by atoms with Crippen LogP contribution in [-0.4, -0.2) is 28.9 Å². The van der Waals surface area contributed by atoms with Crippen LogP contribution in [0.5, 0.6) is 0 Å². The maximum atomic E-state index is 11.2.